The summed E-state index contributed by atoms with van der Waals surface area (Å²) in [5.41, 5.74) is -0.718. The molecule has 4 heterocycles. The molecule has 0 bridgehead atoms. The normalized spacial score (nSPS) is 24.2. The summed E-state index contributed by atoms with van der Waals surface area (Å²) < 4.78 is 80.4. The smallest absolute Gasteiger partial charge is 0.438 e. The van der Waals surface area contributed by atoms with Crippen molar-refractivity contribution in [2.75, 3.05) is 23.4 Å². The lowest BCUT2D eigenvalue weighted by atomic mass is 9.90. The van der Waals surface area contributed by atoms with Gasteiger partial charge >= 0.3 is 19.7 Å². The number of rotatable bonds is 25. The van der Waals surface area contributed by atoms with E-state index in [1.54, 1.807) is 6.07 Å². The first-order valence-corrected chi connectivity index (χ1v) is 23.6. The van der Waals surface area contributed by atoms with E-state index in [1.807, 2.05) is 6.07 Å². The molecule has 19 heteroatoms. The second kappa shape index (κ2) is 20.6. The molecular formula is C37H53ClFN4O11PS. The standard InChI is InChI=1S/C37H53ClFN4O11PS/c1-2-3-4-5-6-7-8-9-10-11-12-13-14-15-16-30(44)50-23-51-55(46,47)24-56(48,49)22-29-32-33(54-37(45)53-32)36(52-29)43-18-17-27-31(41-26-19-25(39)20-26)28(21-40)34(38)42-35(27)43/h17-18,25-26,29,32-33,36H,2-16,19-20,22-24H2,1H3,(H,41,42)(H,46,47)/t25?,26?,29-,32-,33-,36-/m1/s1. The summed E-state index contributed by atoms with van der Waals surface area (Å²) in [4.78, 5) is 39.0. The van der Waals surface area contributed by atoms with Crippen LogP contribution < -0.4 is 5.32 Å². The first kappa shape index (κ1) is 44.1. The van der Waals surface area contributed by atoms with Crippen molar-refractivity contribution in [1.82, 2.24) is 9.55 Å². The zero-order valence-electron chi connectivity index (χ0n) is 31.7. The van der Waals surface area contributed by atoms with Gasteiger partial charge in [-0.1, -0.05) is 102 Å². The van der Waals surface area contributed by atoms with E-state index in [1.165, 1.54) is 75.0 Å². The van der Waals surface area contributed by atoms with Crippen LogP contribution in [0.1, 0.15) is 128 Å². The molecule has 0 aromatic carbocycles. The van der Waals surface area contributed by atoms with E-state index in [-0.39, 0.29) is 41.7 Å². The Balaban J connectivity index is 1.05. The number of aromatic nitrogens is 2. The molecule has 5 rings (SSSR count). The van der Waals surface area contributed by atoms with E-state index in [4.69, 9.17) is 35.1 Å². The van der Waals surface area contributed by atoms with Crippen molar-refractivity contribution in [3.63, 3.8) is 0 Å². The Morgan fingerprint density at radius 1 is 1.07 bits per heavy atom. The molecule has 2 aliphatic heterocycles. The zero-order chi connectivity index (χ0) is 40.3. The molecule has 2 saturated heterocycles. The van der Waals surface area contributed by atoms with Crippen LogP contribution in [-0.4, -0.2) is 83.6 Å². The van der Waals surface area contributed by atoms with E-state index in [0.717, 1.165) is 19.3 Å². The fourth-order valence-electron chi connectivity index (χ4n) is 7.35. The molecule has 2 N–H and O–H groups in total. The number of esters is 1. The van der Waals surface area contributed by atoms with Crippen LogP contribution in [0.15, 0.2) is 12.3 Å². The van der Waals surface area contributed by atoms with Crippen molar-refractivity contribution in [3.05, 3.63) is 23.0 Å². The number of nitrogens with zero attached hydrogens (tertiary/aromatic N) is 3. The van der Waals surface area contributed by atoms with Crippen LogP contribution in [0, 0.1) is 11.3 Å². The molecule has 15 nitrogen and oxygen atoms in total. The molecule has 5 atom stereocenters. The largest absolute Gasteiger partial charge is 0.509 e. The minimum absolute atomic E-state index is 0.0551. The van der Waals surface area contributed by atoms with Crippen molar-refractivity contribution in [2.45, 2.75) is 153 Å². The monoisotopic (exact) mass is 846 g/mol. The molecular weight excluding hydrogens is 794 g/mol. The van der Waals surface area contributed by atoms with Gasteiger partial charge in [-0.25, -0.2) is 22.6 Å². The summed E-state index contributed by atoms with van der Waals surface area (Å²) in [6, 6.07) is 3.39. The topological polar surface area (TPSA) is 205 Å². The third kappa shape index (κ3) is 12.3. The maximum atomic E-state index is 13.6. The van der Waals surface area contributed by atoms with E-state index < -0.39 is 78.3 Å². The van der Waals surface area contributed by atoms with Crippen LogP contribution in [0.5, 0.6) is 0 Å². The SMILES string of the molecule is CCCCCCCCCCCCCCCCC(=O)OCOP(=O)(O)CS(=O)(=O)C[C@H]1O[C@@H](n2ccc3c(NC4CC(F)C4)c(C#N)c(Cl)nc32)[C@@H]2OC(=O)O[C@@H]21. The Kier molecular flexibility index (Phi) is 16.2. The third-order valence-electron chi connectivity index (χ3n) is 10.4. The van der Waals surface area contributed by atoms with E-state index in [2.05, 4.69) is 17.2 Å². The maximum Gasteiger partial charge on any atom is 0.509 e. The highest BCUT2D eigenvalue weighted by Gasteiger charge is 2.56. The number of alkyl halides is 1. The number of nitriles is 1. The van der Waals surface area contributed by atoms with Crippen molar-refractivity contribution < 1.29 is 55.3 Å². The molecule has 3 aliphatic rings. The van der Waals surface area contributed by atoms with Gasteiger partial charge in [0.1, 0.15) is 29.6 Å². The highest BCUT2D eigenvalue weighted by molar-refractivity contribution is 7.97. The molecule has 312 valence electrons. The maximum absolute atomic E-state index is 13.6. The molecule has 3 fully saturated rings. The fraction of sp³-hybridized carbons (Fsp3) is 0.730. The summed E-state index contributed by atoms with van der Waals surface area (Å²) in [7, 11) is -9.21. The molecule has 2 aromatic rings. The summed E-state index contributed by atoms with van der Waals surface area (Å²) >= 11 is 6.37. The van der Waals surface area contributed by atoms with Gasteiger partial charge in [-0.3, -0.25) is 13.9 Å². The van der Waals surface area contributed by atoms with E-state index >= 15 is 0 Å². The van der Waals surface area contributed by atoms with Gasteiger partial charge < -0.3 is 33.7 Å². The quantitative estimate of drug-likeness (QED) is 0.0318. The number of fused-ring (bicyclic) bond motifs is 2. The summed E-state index contributed by atoms with van der Waals surface area (Å²) in [6.07, 6.45) is 11.7. The Labute approximate surface area is 332 Å². The number of pyridine rings is 1. The summed E-state index contributed by atoms with van der Waals surface area (Å²) in [5, 5.41) is 13.2. The highest BCUT2D eigenvalue weighted by atomic mass is 35.5. The van der Waals surface area contributed by atoms with Crippen molar-refractivity contribution in [2.24, 2.45) is 0 Å². The fourth-order valence-corrected chi connectivity index (χ4v) is 11.3. The number of carbonyl (C=O) groups excluding carboxylic acids is 2. The predicted molar refractivity (Wildman–Crippen MR) is 206 cm³/mol. The lowest BCUT2D eigenvalue weighted by molar-refractivity contribution is -0.150. The average molecular weight is 847 g/mol. The number of nitrogens with one attached hydrogen (secondary N) is 1. The van der Waals surface area contributed by atoms with Gasteiger partial charge in [0, 0.05) is 24.0 Å². The van der Waals surface area contributed by atoms with Gasteiger partial charge in [0.15, 0.2) is 38.9 Å². The van der Waals surface area contributed by atoms with Crippen molar-refractivity contribution in [1.29, 1.82) is 5.26 Å². The Hall–Kier alpha value is -3.00. The summed E-state index contributed by atoms with van der Waals surface area (Å²) in [5.74, 6) is -1.47. The Morgan fingerprint density at radius 2 is 1.68 bits per heavy atom. The minimum Gasteiger partial charge on any atom is -0.438 e. The highest BCUT2D eigenvalue weighted by Crippen LogP contribution is 2.46. The van der Waals surface area contributed by atoms with Gasteiger partial charge in [0.25, 0.3) is 0 Å². The molecule has 2 aromatic heterocycles. The van der Waals surface area contributed by atoms with Crippen LogP contribution in [0.2, 0.25) is 5.15 Å². The molecule has 56 heavy (non-hydrogen) atoms. The van der Waals surface area contributed by atoms with Crippen LogP contribution in [0.4, 0.5) is 14.9 Å². The van der Waals surface area contributed by atoms with E-state index in [0.29, 0.717) is 17.5 Å². The lowest BCUT2D eigenvalue weighted by Gasteiger charge is -2.31. The summed E-state index contributed by atoms with van der Waals surface area (Å²) in [6.45, 7) is 1.33. The van der Waals surface area contributed by atoms with Crippen LogP contribution >= 0.6 is 19.2 Å². The number of unbranched alkanes of at least 4 members (excludes halogenated alkanes) is 13. The van der Waals surface area contributed by atoms with Gasteiger partial charge in [-0.15, -0.1) is 0 Å². The third-order valence-corrected chi connectivity index (χ3v) is 14.9. The van der Waals surface area contributed by atoms with Gasteiger partial charge in [-0.05, 0) is 25.3 Å². The van der Waals surface area contributed by atoms with Crippen LogP contribution in [0.3, 0.4) is 0 Å². The zero-order valence-corrected chi connectivity index (χ0v) is 34.2. The first-order valence-electron chi connectivity index (χ1n) is 19.7. The lowest BCUT2D eigenvalue weighted by Crippen LogP contribution is -2.36. The van der Waals surface area contributed by atoms with Crippen LogP contribution in [-0.2, 0) is 42.7 Å². The molecule has 1 unspecified atom stereocenters. The average Bonchev–Trinajstić information content (AvgIpc) is 3.80. The number of carbonyl (C=O) groups is 2. The first-order chi connectivity index (χ1) is 26.8. The van der Waals surface area contributed by atoms with Gasteiger partial charge in [0.2, 0.25) is 6.79 Å². The second-order valence-electron chi connectivity index (χ2n) is 14.9. The number of hydrogen-bond donors (Lipinski definition) is 2. The molecule has 0 spiro atoms. The number of halogens is 2. The predicted octanol–water partition coefficient (Wildman–Crippen LogP) is 8.22. The molecule has 0 amide bonds. The van der Waals surface area contributed by atoms with Crippen molar-refractivity contribution >= 4 is 57.9 Å². The number of ether oxygens (including phenoxy) is 4. The van der Waals surface area contributed by atoms with Gasteiger partial charge in [0.05, 0.1) is 11.4 Å². The number of hydrogen-bond acceptors (Lipinski definition) is 13. The Bertz CT molecular complexity index is 1850. The van der Waals surface area contributed by atoms with Gasteiger partial charge in [-0.2, -0.15) is 5.26 Å². The minimum atomic E-state index is -4.80. The Morgan fingerprint density at radius 3 is 2.29 bits per heavy atom. The van der Waals surface area contributed by atoms with E-state index in [9.17, 15) is 37.1 Å². The van der Waals surface area contributed by atoms with Crippen molar-refractivity contribution in [3.8, 4) is 6.07 Å². The van der Waals surface area contributed by atoms with Crippen LogP contribution in [0.25, 0.3) is 11.0 Å². The molecule has 1 saturated carbocycles. The number of sulfone groups is 1. The number of anilines is 1. The molecule has 1 aliphatic carbocycles. The second-order valence-corrected chi connectivity index (χ2v) is 19.6. The molecule has 0 radical (unpaired) electrons.